The van der Waals surface area contributed by atoms with Crippen LogP contribution in [-0.2, 0) is 11.8 Å². The van der Waals surface area contributed by atoms with Gasteiger partial charge in [0.2, 0.25) is 5.91 Å². The Morgan fingerprint density at radius 3 is 2.95 bits per heavy atom. The lowest BCUT2D eigenvalue weighted by Crippen LogP contribution is -2.15. The number of oxazole rings is 1. The van der Waals surface area contributed by atoms with Gasteiger partial charge in [0.1, 0.15) is 0 Å². The first-order valence-electron chi connectivity index (χ1n) is 6.16. The molecule has 19 heavy (non-hydrogen) atoms. The van der Waals surface area contributed by atoms with E-state index >= 15 is 0 Å². The summed E-state index contributed by atoms with van der Waals surface area (Å²) in [6, 6.07) is 5.14. The maximum atomic E-state index is 11.7. The van der Waals surface area contributed by atoms with E-state index in [0.29, 0.717) is 23.2 Å². The summed E-state index contributed by atoms with van der Waals surface area (Å²) in [5, 5.41) is 5.80. The van der Waals surface area contributed by atoms with E-state index in [0.717, 1.165) is 13.0 Å². The van der Waals surface area contributed by atoms with Gasteiger partial charge in [-0.3, -0.25) is 9.36 Å². The number of aryl methyl sites for hydroxylation is 1. The molecule has 6 heteroatoms. The normalized spacial score (nSPS) is 10.8. The van der Waals surface area contributed by atoms with Crippen molar-refractivity contribution < 1.29 is 9.21 Å². The number of amides is 1. The summed E-state index contributed by atoms with van der Waals surface area (Å²) < 4.78 is 6.43. The monoisotopic (exact) mass is 263 g/mol. The van der Waals surface area contributed by atoms with E-state index in [-0.39, 0.29) is 5.91 Å². The quantitative estimate of drug-likeness (QED) is 0.791. The average Bonchev–Trinajstić information content (AvgIpc) is 2.66. The van der Waals surface area contributed by atoms with Gasteiger partial charge in [0, 0.05) is 19.2 Å². The molecule has 6 nitrogen and oxygen atoms in total. The molecule has 0 aliphatic heterocycles. The predicted octanol–water partition coefficient (Wildman–Crippen LogP) is 1.07. The number of carbonyl (C=O) groups excluding carboxylic acids is 1. The third kappa shape index (κ3) is 3.03. The third-order valence-corrected chi connectivity index (χ3v) is 2.91. The number of carbonyl (C=O) groups is 1. The van der Waals surface area contributed by atoms with Crippen LogP contribution in [0.1, 0.15) is 12.8 Å². The molecule has 0 bridgehead atoms. The number of benzene rings is 1. The van der Waals surface area contributed by atoms with Crippen LogP contribution in [-0.4, -0.2) is 24.1 Å². The zero-order chi connectivity index (χ0) is 13.8. The molecule has 102 valence electrons. The van der Waals surface area contributed by atoms with Gasteiger partial charge in [-0.15, -0.1) is 0 Å². The highest BCUT2D eigenvalue weighted by molar-refractivity contribution is 5.92. The molecule has 0 fully saturated rings. The zero-order valence-electron chi connectivity index (χ0n) is 11.0. The third-order valence-electron chi connectivity index (χ3n) is 2.91. The molecule has 0 saturated carbocycles. The maximum absolute atomic E-state index is 11.7. The van der Waals surface area contributed by atoms with Gasteiger partial charge in [-0.2, -0.15) is 0 Å². The topological polar surface area (TPSA) is 76.3 Å². The van der Waals surface area contributed by atoms with Crippen LogP contribution in [0.2, 0.25) is 0 Å². The number of fused-ring (bicyclic) bond motifs is 1. The Hall–Kier alpha value is -2.08. The largest absolute Gasteiger partial charge is 0.419 e. The molecule has 0 aliphatic carbocycles. The summed E-state index contributed by atoms with van der Waals surface area (Å²) in [7, 11) is 3.48. The lowest BCUT2D eigenvalue weighted by molar-refractivity contribution is -0.116. The molecule has 0 unspecified atom stereocenters. The highest BCUT2D eigenvalue weighted by Gasteiger charge is 2.08. The summed E-state index contributed by atoms with van der Waals surface area (Å²) in [6.45, 7) is 0.808. The van der Waals surface area contributed by atoms with Crippen LogP contribution >= 0.6 is 0 Å². The second-order valence-electron chi connectivity index (χ2n) is 4.36. The van der Waals surface area contributed by atoms with Crippen molar-refractivity contribution in [1.29, 1.82) is 0 Å². The van der Waals surface area contributed by atoms with E-state index < -0.39 is 5.76 Å². The van der Waals surface area contributed by atoms with E-state index in [1.54, 1.807) is 25.2 Å². The molecular weight excluding hydrogens is 246 g/mol. The first-order valence-corrected chi connectivity index (χ1v) is 6.16. The summed E-state index contributed by atoms with van der Waals surface area (Å²) in [5.41, 5.74) is 1.84. The fraction of sp³-hybridized carbons (Fsp3) is 0.385. The van der Waals surface area contributed by atoms with Crippen LogP contribution in [0.4, 0.5) is 5.69 Å². The second kappa shape index (κ2) is 5.71. The molecule has 2 aromatic rings. The van der Waals surface area contributed by atoms with Crippen molar-refractivity contribution in [3.63, 3.8) is 0 Å². The lowest BCUT2D eigenvalue weighted by atomic mass is 10.2. The van der Waals surface area contributed by atoms with Crippen LogP contribution in [0.5, 0.6) is 0 Å². The average molecular weight is 263 g/mol. The van der Waals surface area contributed by atoms with E-state index in [2.05, 4.69) is 10.6 Å². The Morgan fingerprint density at radius 1 is 1.42 bits per heavy atom. The van der Waals surface area contributed by atoms with Crippen molar-refractivity contribution in [2.45, 2.75) is 12.8 Å². The SMILES string of the molecule is CNCCCC(=O)Nc1ccc2oc(=O)n(C)c2c1. The van der Waals surface area contributed by atoms with Crippen LogP contribution in [0.25, 0.3) is 11.1 Å². The fourth-order valence-electron chi connectivity index (χ4n) is 1.85. The van der Waals surface area contributed by atoms with Crippen molar-refractivity contribution >= 4 is 22.7 Å². The molecule has 0 aliphatic rings. The number of hydrogen-bond donors (Lipinski definition) is 2. The number of anilines is 1. The van der Waals surface area contributed by atoms with Gasteiger partial charge in [-0.05, 0) is 38.2 Å². The van der Waals surface area contributed by atoms with E-state index in [1.807, 2.05) is 7.05 Å². The second-order valence-corrected chi connectivity index (χ2v) is 4.36. The molecular formula is C13H17N3O3. The van der Waals surface area contributed by atoms with Crippen LogP contribution in [0, 0.1) is 0 Å². The van der Waals surface area contributed by atoms with Gasteiger partial charge in [0.15, 0.2) is 5.58 Å². The molecule has 0 spiro atoms. The Kier molecular flexibility index (Phi) is 4.01. The van der Waals surface area contributed by atoms with Gasteiger partial charge in [-0.1, -0.05) is 0 Å². The van der Waals surface area contributed by atoms with E-state index in [1.165, 1.54) is 4.57 Å². The molecule has 1 aromatic carbocycles. The highest BCUT2D eigenvalue weighted by atomic mass is 16.4. The van der Waals surface area contributed by atoms with Gasteiger partial charge >= 0.3 is 5.76 Å². The van der Waals surface area contributed by atoms with Crippen molar-refractivity contribution in [2.24, 2.45) is 7.05 Å². The summed E-state index contributed by atoms with van der Waals surface area (Å²) >= 11 is 0. The smallest absolute Gasteiger partial charge is 0.408 e. The van der Waals surface area contributed by atoms with Gasteiger partial charge in [0.05, 0.1) is 5.52 Å². The molecule has 1 heterocycles. The summed E-state index contributed by atoms with van der Waals surface area (Å²) in [6.07, 6.45) is 1.25. The first-order chi connectivity index (χ1) is 9.11. The van der Waals surface area contributed by atoms with Crippen molar-refractivity contribution in [2.75, 3.05) is 18.9 Å². The molecule has 0 atom stereocenters. The Morgan fingerprint density at radius 2 is 2.21 bits per heavy atom. The molecule has 0 radical (unpaired) electrons. The summed E-state index contributed by atoms with van der Waals surface area (Å²) in [5.74, 6) is -0.449. The van der Waals surface area contributed by atoms with E-state index in [4.69, 9.17) is 4.42 Å². The maximum Gasteiger partial charge on any atom is 0.419 e. The van der Waals surface area contributed by atoms with Crippen LogP contribution < -0.4 is 16.4 Å². The predicted molar refractivity (Wildman–Crippen MR) is 73.2 cm³/mol. The Labute approximate surface area is 110 Å². The minimum absolute atomic E-state index is 0.0388. The van der Waals surface area contributed by atoms with Gasteiger partial charge < -0.3 is 15.1 Å². The number of nitrogens with one attached hydrogen (secondary N) is 2. The Bertz CT molecular complexity index is 642. The highest BCUT2D eigenvalue weighted by Crippen LogP contribution is 2.17. The molecule has 1 aromatic heterocycles. The zero-order valence-corrected chi connectivity index (χ0v) is 11.0. The van der Waals surface area contributed by atoms with Gasteiger partial charge in [0.25, 0.3) is 0 Å². The molecule has 0 saturated heterocycles. The standard InChI is InChI=1S/C13H17N3O3/c1-14-7-3-4-12(17)15-9-5-6-11-10(8-9)16(2)13(18)19-11/h5-6,8,14H,3-4,7H2,1-2H3,(H,15,17). The molecule has 1 amide bonds. The number of nitrogens with zero attached hydrogens (tertiary/aromatic N) is 1. The van der Waals surface area contributed by atoms with Crippen LogP contribution in [0.3, 0.4) is 0 Å². The van der Waals surface area contributed by atoms with Crippen molar-refractivity contribution in [1.82, 2.24) is 9.88 Å². The minimum atomic E-state index is -0.410. The minimum Gasteiger partial charge on any atom is -0.408 e. The number of rotatable bonds is 5. The fourth-order valence-corrected chi connectivity index (χ4v) is 1.85. The molecule has 2 N–H and O–H groups in total. The summed E-state index contributed by atoms with van der Waals surface area (Å²) in [4.78, 5) is 23.0. The lowest BCUT2D eigenvalue weighted by Gasteiger charge is -2.05. The first kappa shape index (κ1) is 13.4. The van der Waals surface area contributed by atoms with Crippen molar-refractivity contribution in [3.8, 4) is 0 Å². The molecule has 2 rings (SSSR count). The Balaban J connectivity index is 2.11. The van der Waals surface area contributed by atoms with E-state index in [9.17, 15) is 9.59 Å². The van der Waals surface area contributed by atoms with Crippen LogP contribution in [0.15, 0.2) is 27.4 Å². The number of aromatic nitrogens is 1. The van der Waals surface area contributed by atoms with Gasteiger partial charge in [-0.25, -0.2) is 4.79 Å². The van der Waals surface area contributed by atoms with Crippen molar-refractivity contribution in [3.05, 3.63) is 28.7 Å². The number of hydrogen-bond acceptors (Lipinski definition) is 4.